The molecule has 2 saturated heterocycles. The van der Waals surface area contributed by atoms with Crippen LogP contribution in [0.5, 0.6) is 0 Å². The lowest BCUT2D eigenvalue weighted by Crippen LogP contribution is -2.45. The van der Waals surface area contributed by atoms with Gasteiger partial charge in [0.2, 0.25) is 5.91 Å². The van der Waals surface area contributed by atoms with Crippen molar-refractivity contribution in [2.45, 2.75) is 32.1 Å². The summed E-state index contributed by atoms with van der Waals surface area (Å²) in [6, 6.07) is 14.6. The molecule has 1 aromatic heterocycles. The molecule has 0 aliphatic carbocycles. The van der Waals surface area contributed by atoms with E-state index in [1.807, 2.05) is 23.1 Å². The van der Waals surface area contributed by atoms with Gasteiger partial charge in [0.05, 0.1) is 0 Å². The second-order valence-electron chi connectivity index (χ2n) is 8.59. The van der Waals surface area contributed by atoms with Crippen molar-refractivity contribution in [2.75, 3.05) is 32.7 Å². The fourth-order valence-corrected chi connectivity index (χ4v) is 4.86. The number of nitrogens with zero attached hydrogens (tertiary/aromatic N) is 3. The van der Waals surface area contributed by atoms with Gasteiger partial charge in [0.25, 0.3) is 0 Å². The molecule has 2 aliphatic rings. The Kier molecular flexibility index (Phi) is 6.40. The number of carbonyl (C=O) groups excluding carboxylic acids is 1. The van der Waals surface area contributed by atoms with E-state index >= 15 is 0 Å². The maximum absolute atomic E-state index is 12.7. The zero-order valence-corrected chi connectivity index (χ0v) is 17.2. The molecule has 0 bridgehead atoms. The quantitative estimate of drug-likeness (QED) is 0.700. The Morgan fingerprint density at radius 3 is 2.69 bits per heavy atom. The normalized spacial score (nSPS) is 22.6. The van der Waals surface area contributed by atoms with Crippen LogP contribution in [0.4, 0.5) is 0 Å². The van der Waals surface area contributed by atoms with E-state index in [0.717, 1.165) is 44.6 Å². The van der Waals surface area contributed by atoms with Crippen LogP contribution < -0.4 is 0 Å². The molecule has 2 fully saturated rings. The monoisotopic (exact) mass is 389 g/mol. The number of hydrogen-bond donors (Lipinski definition) is 0. The minimum absolute atomic E-state index is 0.139. The first kappa shape index (κ1) is 19.8. The molecular formula is C25H31N3O. The lowest BCUT2D eigenvalue weighted by molar-refractivity contribution is -0.125. The second kappa shape index (κ2) is 9.36. The molecule has 1 amide bonds. The largest absolute Gasteiger partial charge is 0.339 e. The molecule has 152 valence electrons. The van der Waals surface area contributed by atoms with Gasteiger partial charge in [0, 0.05) is 43.5 Å². The van der Waals surface area contributed by atoms with Crippen LogP contribution in [0.3, 0.4) is 0 Å². The predicted molar refractivity (Wildman–Crippen MR) is 117 cm³/mol. The standard InChI is InChI=1S/C25H31N3O/c29-24(10-9-23-11-15-26-16-12-23)28-19-14-25(21-28)13-5-18-27(20-25)17-4-8-22-6-2-1-3-7-22/h1-3,6-7,9-12,15-16H,4-5,8,13-14,17-21H2/b10-9+/t25-/m1/s1. The molecule has 0 unspecified atom stereocenters. The summed E-state index contributed by atoms with van der Waals surface area (Å²) in [5.41, 5.74) is 2.74. The van der Waals surface area contributed by atoms with E-state index in [9.17, 15) is 4.79 Å². The Morgan fingerprint density at radius 1 is 1.03 bits per heavy atom. The summed E-state index contributed by atoms with van der Waals surface area (Å²) < 4.78 is 0. The van der Waals surface area contributed by atoms with Crippen molar-refractivity contribution in [1.29, 1.82) is 0 Å². The Bertz CT molecular complexity index is 820. The van der Waals surface area contributed by atoms with E-state index in [-0.39, 0.29) is 5.91 Å². The van der Waals surface area contributed by atoms with Crippen LogP contribution in [0.1, 0.15) is 36.8 Å². The van der Waals surface area contributed by atoms with Gasteiger partial charge in [0.15, 0.2) is 0 Å². The number of carbonyl (C=O) groups is 1. The molecule has 1 aromatic carbocycles. The summed E-state index contributed by atoms with van der Waals surface area (Å²) in [5, 5.41) is 0. The Hall–Kier alpha value is -2.46. The third kappa shape index (κ3) is 5.33. The van der Waals surface area contributed by atoms with Crippen molar-refractivity contribution in [2.24, 2.45) is 5.41 Å². The number of amides is 1. The number of likely N-dealkylation sites (tertiary alicyclic amines) is 2. The van der Waals surface area contributed by atoms with Crippen LogP contribution in [-0.2, 0) is 11.2 Å². The van der Waals surface area contributed by atoms with Crippen LogP contribution in [-0.4, -0.2) is 53.4 Å². The van der Waals surface area contributed by atoms with Gasteiger partial charge < -0.3 is 9.80 Å². The molecule has 4 nitrogen and oxygen atoms in total. The first-order valence-electron chi connectivity index (χ1n) is 10.9. The summed E-state index contributed by atoms with van der Waals surface area (Å²) >= 11 is 0. The Balaban J connectivity index is 1.27. The fourth-order valence-electron chi connectivity index (χ4n) is 4.86. The van der Waals surface area contributed by atoms with Gasteiger partial charge in [-0.05, 0) is 74.5 Å². The molecule has 0 N–H and O–H groups in total. The smallest absolute Gasteiger partial charge is 0.246 e. The van der Waals surface area contributed by atoms with Gasteiger partial charge in [-0.15, -0.1) is 0 Å². The molecule has 4 rings (SSSR count). The van der Waals surface area contributed by atoms with E-state index in [1.54, 1.807) is 18.5 Å². The maximum Gasteiger partial charge on any atom is 0.246 e. The molecule has 2 aromatic rings. The molecule has 29 heavy (non-hydrogen) atoms. The average Bonchev–Trinajstić information content (AvgIpc) is 3.17. The third-order valence-corrected chi connectivity index (χ3v) is 6.40. The van der Waals surface area contributed by atoms with Gasteiger partial charge in [-0.2, -0.15) is 0 Å². The Labute approximate surface area is 174 Å². The van der Waals surface area contributed by atoms with Crippen molar-refractivity contribution in [3.8, 4) is 0 Å². The number of benzene rings is 1. The van der Waals surface area contributed by atoms with E-state index in [1.165, 1.54) is 31.4 Å². The number of aryl methyl sites for hydroxylation is 1. The van der Waals surface area contributed by atoms with Crippen molar-refractivity contribution in [1.82, 2.24) is 14.8 Å². The van der Waals surface area contributed by atoms with Crippen molar-refractivity contribution < 1.29 is 4.79 Å². The highest BCUT2D eigenvalue weighted by Gasteiger charge is 2.42. The highest BCUT2D eigenvalue weighted by atomic mass is 16.2. The van der Waals surface area contributed by atoms with Crippen LogP contribution in [0.15, 0.2) is 60.9 Å². The zero-order valence-electron chi connectivity index (χ0n) is 17.2. The van der Waals surface area contributed by atoms with Gasteiger partial charge >= 0.3 is 0 Å². The summed E-state index contributed by atoms with van der Waals surface area (Å²) in [4.78, 5) is 21.4. The average molecular weight is 390 g/mol. The number of pyridine rings is 1. The van der Waals surface area contributed by atoms with E-state index in [4.69, 9.17) is 0 Å². The van der Waals surface area contributed by atoms with Gasteiger partial charge in [-0.1, -0.05) is 30.3 Å². The van der Waals surface area contributed by atoms with Crippen molar-refractivity contribution in [3.05, 3.63) is 72.1 Å². The molecule has 0 radical (unpaired) electrons. The van der Waals surface area contributed by atoms with Gasteiger partial charge in [0.1, 0.15) is 0 Å². The highest BCUT2D eigenvalue weighted by Crippen LogP contribution is 2.39. The molecule has 1 atom stereocenters. The van der Waals surface area contributed by atoms with E-state index in [2.05, 4.69) is 40.2 Å². The van der Waals surface area contributed by atoms with Crippen LogP contribution in [0.25, 0.3) is 6.08 Å². The number of hydrogen-bond acceptors (Lipinski definition) is 3. The van der Waals surface area contributed by atoms with E-state index < -0.39 is 0 Å². The van der Waals surface area contributed by atoms with Gasteiger partial charge in [-0.3, -0.25) is 9.78 Å². The summed E-state index contributed by atoms with van der Waals surface area (Å²) in [5.74, 6) is 0.139. The van der Waals surface area contributed by atoms with Crippen LogP contribution in [0.2, 0.25) is 0 Å². The number of rotatable bonds is 6. The minimum atomic E-state index is 0.139. The van der Waals surface area contributed by atoms with Gasteiger partial charge in [-0.25, -0.2) is 0 Å². The summed E-state index contributed by atoms with van der Waals surface area (Å²) in [6.07, 6.45) is 13.1. The van der Waals surface area contributed by atoms with Crippen molar-refractivity contribution in [3.63, 3.8) is 0 Å². The molecule has 4 heteroatoms. The second-order valence-corrected chi connectivity index (χ2v) is 8.59. The SMILES string of the molecule is O=C(/C=C/c1ccncc1)N1CC[C@@]2(CCCN(CCCc3ccccc3)C2)C1. The molecule has 2 aliphatic heterocycles. The Morgan fingerprint density at radius 2 is 1.86 bits per heavy atom. The first-order chi connectivity index (χ1) is 14.2. The number of piperidine rings is 1. The van der Waals surface area contributed by atoms with Crippen LogP contribution in [0, 0.1) is 5.41 Å². The van der Waals surface area contributed by atoms with Crippen molar-refractivity contribution >= 4 is 12.0 Å². The summed E-state index contributed by atoms with van der Waals surface area (Å²) in [7, 11) is 0. The minimum Gasteiger partial charge on any atom is -0.339 e. The zero-order chi connectivity index (χ0) is 19.9. The maximum atomic E-state index is 12.7. The molecule has 0 saturated carbocycles. The van der Waals surface area contributed by atoms with Crippen LogP contribution >= 0.6 is 0 Å². The topological polar surface area (TPSA) is 36.4 Å². The third-order valence-electron chi connectivity index (χ3n) is 6.40. The predicted octanol–water partition coefficient (Wildman–Crippen LogP) is 4.04. The lowest BCUT2D eigenvalue weighted by atomic mass is 9.79. The first-order valence-corrected chi connectivity index (χ1v) is 10.9. The molecular weight excluding hydrogens is 358 g/mol. The lowest BCUT2D eigenvalue weighted by Gasteiger charge is -2.40. The summed E-state index contributed by atoms with van der Waals surface area (Å²) in [6.45, 7) is 5.29. The van der Waals surface area contributed by atoms with E-state index in [0.29, 0.717) is 5.41 Å². The highest BCUT2D eigenvalue weighted by molar-refractivity contribution is 5.92. The number of aromatic nitrogens is 1. The molecule has 3 heterocycles. The fraction of sp³-hybridized carbons (Fsp3) is 0.440. The molecule has 1 spiro atoms.